The molecule has 30 heavy (non-hydrogen) atoms. The first-order valence-corrected chi connectivity index (χ1v) is 10.8. The Balaban J connectivity index is 1.42. The zero-order chi connectivity index (χ0) is 20.5. The third kappa shape index (κ3) is 3.44. The van der Waals surface area contributed by atoms with E-state index in [2.05, 4.69) is 10.3 Å². The summed E-state index contributed by atoms with van der Waals surface area (Å²) < 4.78 is 1.65. The molecule has 1 N–H and O–H groups in total. The SMILES string of the molecule is O=C(c1ccccc1)c1ccc2ccn(C(=O)[C@@H]3CSC(c4cccnc4)N3)c2c1. The van der Waals surface area contributed by atoms with E-state index in [4.69, 9.17) is 0 Å². The van der Waals surface area contributed by atoms with Gasteiger partial charge in [0.1, 0.15) is 0 Å². The topological polar surface area (TPSA) is 64.0 Å². The Bertz CT molecular complexity index is 1220. The van der Waals surface area contributed by atoms with Crippen LogP contribution >= 0.6 is 11.8 Å². The molecule has 0 bridgehead atoms. The van der Waals surface area contributed by atoms with Crippen LogP contribution < -0.4 is 5.32 Å². The van der Waals surface area contributed by atoms with Crippen molar-refractivity contribution in [2.24, 2.45) is 0 Å². The van der Waals surface area contributed by atoms with Crippen molar-refractivity contribution in [2.45, 2.75) is 11.4 Å². The van der Waals surface area contributed by atoms with Crippen LogP contribution in [0.3, 0.4) is 0 Å². The molecule has 0 amide bonds. The largest absolute Gasteiger partial charge is 0.290 e. The van der Waals surface area contributed by atoms with Gasteiger partial charge in [-0.05, 0) is 23.8 Å². The van der Waals surface area contributed by atoms with E-state index in [0.29, 0.717) is 16.9 Å². The lowest BCUT2D eigenvalue weighted by atomic mass is 10.0. The summed E-state index contributed by atoms with van der Waals surface area (Å²) in [5.41, 5.74) is 3.02. The number of ketones is 1. The number of carbonyl (C=O) groups is 2. The van der Waals surface area contributed by atoms with Crippen molar-refractivity contribution in [3.05, 3.63) is 102 Å². The fourth-order valence-corrected chi connectivity index (χ4v) is 4.94. The molecule has 3 heterocycles. The molecule has 0 radical (unpaired) electrons. The van der Waals surface area contributed by atoms with E-state index >= 15 is 0 Å². The lowest BCUT2D eigenvalue weighted by Crippen LogP contribution is -2.37. The van der Waals surface area contributed by atoms with E-state index in [1.54, 1.807) is 40.9 Å². The number of pyridine rings is 1. The molecule has 5 rings (SSSR count). The molecule has 4 aromatic rings. The Kier molecular flexibility index (Phi) is 4.94. The van der Waals surface area contributed by atoms with Crippen molar-refractivity contribution in [1.29, 1.82) is 0 Å². The number of aromatic nitrogens is 2. The van der Waals surface area contributed by atoms with Crippen molar-refractivity contribution < 1.29 is 9.59 Å². The Morgan fingerprint density at radius 2 is 1.87 bits per heavy atom. The second-order valence-corrected chi connectivity index (χ2v) is 8.35. The van der Waals surface area contributed by atoms with Crippen molar-refractivity contribution in [3.63, 3.8) is 0 Å². The van der Waals surface area contributed by atoms with Gasteiger partial charge in [0.05, 0.1) is 16.9 Å². The fourth-order valence-electron chi connectivity index (χ4n) is 3.72. The zero-order valence-corrected chi connectivity index (χ0v) is 16.9. The summed E-state index contributed by atoms with van der Waals surface area (Å²) in [4.78, 5) is 30.2. The molecule has 1 fully saturated rings. The van der Waals surface area contributed by atoms with E-state index in [0.717, 1.165) is 16.5 Å². The van der Waals surface area contributed by atoms with Crippen LogP contribution in [0.25, 0.3) is 10.9 Å². The summed E-state index contributed by atoms with van der Waals surface area (Å²) in [7, 11) is 0. The average molecular weight is 414 g/mol. The Morgan fingerprint density at radius 1 is 1.00 bits per heavy atom. The van der Waals surface area contributed by atoms with Gasteiger partial charge in [0.15, 0.2) is 5.78 Å². The molecular formula is C24H19N3O2S. The molecule has 6 heteroatoms. The summed E-state index contributed by atoms with van der Waals surface area (Å²) >= 11 is 1.70. The van der Waals surface area contributed by atoms with Crippen molar-refractivity contribution in [2.75, 3.05) is 5.75 Å². The number of fused-ring (bicyclic) bond motifs is 1. The summed E-state index contributed by atoms with van der Waals surface area (Å²) in [5, 5.41) is 4.39. The molecule has 1 aliphatic heterocycles. The highest BCUT2D eigenvalue weighted by molar-refractivity contribution is 7.99. The monoisotopic (exact) mass is 413 g/mol. The highest BCUT2D eigenvalue weighted by atomic mass is 32.2. The first-order valence-electron chi connectivity index (χ1n) is 9.73. The molecule has 2 aromatic heterocycles. The van der Waals surface area contributed by atoms with E-state index < -0.39 is 0 Å². The number of carbonyl (C=O) groups excluding carboxylic acids is 2. The maximum Gasteiger partial charge on any atom is 0.249 e. The van der Waals surface area contributed by atoms with Crippen LogP contribution in [0.4, 0.5) is 0 Å². The average Bonchev–Trinajstić information content (AvgIpc) is 3.46. The molecular weight excluding hydrogens is 394 g/mol. The summed E-state index contributed by atoms with van der Waals surface area (Å²) in [6, 6.07) is 20.2. The van der Waals surface area contributed by atoms with Crippen molar-refractivity contribution >= 4 is 34.4 Å². The highest BCUT2D eigenvalue weighted by Crippen LogP contribution is 2.33. The molecule has 5 nitrogen and oxygen atoms in total. The summed E-state index contributed by atoms with van der Waals surface area (Å²) in [6.07, 6.45) is 5.35. The van der Waals surface area contributed by atoms with Gasteiger partial charge in [-0.15, -0.1) is 11.8 Å². The van der Waals surface area contributed by atoms with E-state index in [1.807, 2.05) is 60.8 Å². The number of hydrogen-bond acceptors (Lipinski definition) is 5. The highest BCUT2D eigenvalue weighted by Gasteiger charge is 2.32. The Hall–Kier alpha value is -3.22. The van der Waals surface area contributed by atoms with Crippen LogP contribution in [-0.2, 0) is 0 Å². The molecule has 0 saturated carbocycles. The minimum absolute atomic E-state index is 0.0202. The number of benzene rings is 2. The summed E-state index contributed by atoms with van der Waals surface area (Å²) in [6.45, 7) is 0. The second kappa shape index (κ2) is 7.89. The van der Waals surface area contributed by atoms with Crippen LogP contribution in [0.15, 0.2) is 85.3 Å². The van der Waals surface area contributed by atoms with Gasteiger partial charge in [0.25, 0.3) is 0 Å². The first-order chi connectivity index (χ1) is 14.7. The lowest BCUT2D eigenvalue weighted by molar-refractivity contribution is 0.0878. The Labute approximate surface area is 178 Å². The standard InChI is InChI=1S/C24H19N3O2S/c28-22(17-5-2-1-3-6-17)18-9-8-16-10-12-27(21(16)13-18)24(29)20-15-30-23(26-20)19-7-4-11-25-14-19/h1-14,20,23,26H,15H2/t20-,23?/m0/s1. The molecule has 1 unspecified atom stereocenters. The Morgan fingerprint density at radius 3 is 2.67 bits per heavy atom. The van der Waals surface area contributed by atoms with Gasteiger partial charge in [-0.2, -0.15) is 0 Å². The molecule has 1 saturated heterocycles. The molecule has 0 aliphatic carbocycles. The predicted molar refractivity (Wildman–Crippen MR) is 119 cm³/mol. The van der Waals surface area contributed by atoms with Gasteiger partial charge in [-0.25, -0.2) is 0 Å². The minimum Gasteiger partial charge on any atom is -0.290 e. The maximum absolute atomic E-state index is 13.2. The van der Waals surface area contributed by atoms with Crippen molar-refractivity contribution in [1.82, 2.24) is 14.9 Å². The molecule has 148 valence electrons. The minimum atomic E-state index is -0.302. The first kappa shape index (κ1) is 18.8. The number of nitrogens with one attached hydrogen (secondary N) is 1. The van der Waals surface area contributed by atoms with Gasteiger partial charge in [0.2, 0.25) is 5.91 Å². The summed E-state index contributed by atoms with van der Waals surface area (Å²) in [5.74, 6) is 0.609. The fraction of sp³-hybridized carbons (Fsp3) is 0.125. The second-order valence-electron chi connectivity index (χ2n) is 7.21. The van der Waals surface area contributed by atoms with E-state index in [9.17, 15) is 9.59 Å². The van der Waals surface area contributed by atoms with Crippen molar-refractivity contribution in [3.8, 4) is 0 Å². The number of thioether (sulfide) groups is 1. The molecule has 2 atom stereocenters. The molecule has 2 aromatic carbocycles. The maximum atomic E-state index is 13.2. The third-order valence-corrected chi connectivity index (χ3v) is 6.56. The third-order valence-electron chi connectivity index (χ3n) is 5.30. The number of nitrogens with zero attached hydrogens (tertiary/aromatic N) is 2. The molecule has 0 spiro atoms. The van der Waals surface area contributed by atoms with E-state index in [1.165, 1.54) is 0 Å². The van der Waals surface area contributed by atoms with Gasteiger partial charge in [-0.3, -0.25) is 24.5 Å². The smallest absolute Gasteiger partial charge is 0.249 e. The van der Waals surface area contributed by atoms with Gasteiger partial charge >= 0.3 is 0 Å². The predicted octanol–water partition coefficient (Wildman–Crippen LogP) is 4.31. The number of rotatable bonds is 4. The van der Waals surface area contributed by atoms with Gasteiger partial charge in [-0.1, -0.05) is 48.5 Å². The van der Waals surface area contributed by atoms with Gasteiger partial charge < -0.3 is 0 Å². The van der Waals surface area contributed by atoms with Crippen LogP contribution in [0, 0.1) is 0 Å². The van der Waals surface area contributed by atoms with Crippen LogP contribution in [-0.4, -0.2) is 33.0 Å². The quantitative estimate of drug-likeness (QED) is 0.505. The van der Waals surface area contributed by atoms with Gasteiger partial charge in [0, 0.05) is 40.9 Å². The normalized spacial score (nSPS) is 18.5. The van der Waals surface area contributed by atoms with Crippen LogP contribution in [0.5, 0.6) is 0 Å². The van der Waals surface area contributed by atoms with E-state index in [-0.39, 0.29) is 23.1 Å². The van der Waals surface area contributed by atoms with Crippen LogP contribution in [0.1, 0.15) is 31.7 Å². The zero-order valence-electron chi connectivity index (χ0n) is 16.1. The lowest BCUT2D eigenvalue weighted by Gasteiger charge is -2.14. The molecule has 1 aliphatic rings. The number of hydrogen-bond donors (Lipinski definition) is 1. The van der Waals surface area contributed by atoms with Crippen LogP contribution in [0.2, 0.25) is 0 Å².